The van der Waals surface area contributed by atoms with Crippen LogP contribution in [0.5, 0.6) is 23.0 Å². The summed E-state index contributed by atoms with van der Waals surface area (Å²) in [4.78, 5) is 14.7. The zero-order valence-electron chi connectivity index (χ0n) is 19.7. The van der Waals surface area contributed by atoms with E-state index in [9.17, 15) is 10.1 Å². The van der Waals surface area contributed by atoms with E-state index in [1.54, 1.807) is 43.4 Å². The van der Waals surface area contributed by atoms with Crippen molar-refractivity contribution >= 4 is 17.7 Å². The van der Waals surface area contributed by atoms with Crippen LogP contribution in [-0.2, 0) is 11.2 Å². The summed E-state index contributed by atoms with van der Waals surface area (Å²) in [5.74, 6) is 2.21. The molecule has 3 aromatic carbocycles. The summed E-state index contributed by atoms with van der Waals surface area (Å²) in [6.45, 7) is 1.22. The number of nitrogens with zero attached hydrogens (tertiary/aromatic N) is 2. The van der Waals surface area contributed by atoms with Gasteiger partial charge >= 0.3 is 0 Å². The molecule has 1 aliphatic rings. The normalized spacial score (nSPS) is 12.5. The third kappa shape index (κ3) is 5.56. The van der Waals surface area contributed by atoms with E-state index in [1.165, 1.54) is 0 Å². The molecule has 1 heterocycles. The van der Waals surface area contributed by atoms with Crippen molar-refractivity contribution in [1.82, 2.24) is 0 Å². The molecule has 1 aliphatic heterocycles. The molecule has 0 N–H and O–H groups in total. The SMILES string of the molecule is COc1ccc(OCCOc2ccc(C=C(C#N)C(=O)N3CCc4ccccc43)cc2OC)cc1. The van der Waals surface area contributed by atoms with Gasteiger partial charge in [0.2, 0.25) is 0 Å². The van der Waals surface area contributed by atoms with Crippen molar-refractivity contribution in [2.24, 2.45) is 0 Å². The lowest BCUT2D eigenvalue weighted by molar-refractivity contribution is -0.114. The van der Waals surface area contributed by atoms with Crippen LogP contribution in [0, 0.1) is 11.3 Å². The van der Waals surface area contributed by atoms with Crippen LogP contribution in [0.15, 0.2) is 72.3 Å². The van der Waals surface area contributed by atoms with Crippen molar-refractivity contribution in [2.45, 2.75) is 6.42 Å². The number of rotatable bonds is 9. The number of nitriles is 1. The number of ether oxygens (including phenoxy) is 4. The number of hydrogen-bond donors (Lipinski definition) is 0. The Morgan fingerprint density at radius 2 is 1.69 bits per heavy atom. The smallest absolute Gasteiger partial charge is 0.268 e. The fraction of sp³-hybridized carbons (Fsp3) is 0.214. The van der Waals surface area contributed by atoms with E-state index in [2.05, 4.69) is 0 Å². The van der Waals surface area contributed by atoms with Crippen molar-refractivity contribution in [3.8, 4) is 29.1 Å². The summed E-state index contributed by atoms with van der Waals surface area (Å²) < 4.78 is 22.1. The van der Waals surface area contributed by atoms with E-state index < -0.39 is 0 Å². The van der Waals surface area contributed by atoms with Gasteiger partial charge in [0.15, 0.2) is 11.5 Å². The van der Waals surface area contributed by atoms with E-state index in [4.69, 9.17) is 18.9 Å². The number of carbonyl (C=O) groups excluding carboxylic acids is 1. The standard InChI is InChI=1S/C28H26N2O5/c1-32-23-8-10-24(11-9-23)34-15-16-35-26-12-7-20(18-27(26)33-2)17-22(19-29)28(31)30-14-13-21-5-3-4-6-25(21)30/h3-12,17-18H,13-16H2,1-2H3. The van der Waals surface area contributed by atoms with Crippen LogP contribution in [0.25, 0.3) is 6.08 Å². The highest BCUT2D eigenvalue weighted by Gasteiger charge is 2.26. The maximum absolute atomic E-state index is 13.1. The molecule has 35 heavy (non-hydrogen) atoms. The summed E-state index contributed by atoms with van der Waals surface area (Å²) in [5, 5.41) is 9.67. The molecule has 178 valence electrons. The van der Waals surface area contributed by atoms with Crippen molar-refractivity contribution in [3.63, 3.8) is 0 Å². The van der Waals surface area contributed by atoms with Gasteiger partial charge in [-0.3, -0.25) is 4.79 Å². The average molecular weight is 471 g/mol. The molecule has 0 fully saturated rings. The lowest BCUT2D eigenvalue weighted by Gasteiger charge is -2.16. The molecular formula is C28H26N2O5. The Hall–Kier alpha value is -4.44. The van der Waals surface area contributed by atoms with Gasteiger partial charge in [0.25, 0.3) is 5.91 Å². The van der Waals surface area contributed by atoms with Crippen LogP contribution < -0.4 is 23.8 Å². The molecule has 0 atom stereocenters. The fourth-order valence-electron chi connectivity index (χ4n) is 3.88. The highest BCUT2D eigenvalue weighted by molar-refractivity contribution is 6.12. The molecule has 0 aromatic heterocycles. The van der Waals surface area contributed by atoms with Gasteiger partial charge in [0.05, 0.1) is 14.2 Å². The summed E-state index contributed by atoms with van der Waals surface area (Å²) >= 11 is 0. The second kappa shape index (κ2) is 11.1. The first-order valence-electron chi connectivity index (χ1n) is 11.2. The fourth-order valence-corrected chi connectivity index (χ4v) is 3.88. The van der Waals surface area contributed by atoms with E-state index in [-0.39, 0.29) is 11.5 Å². The Morgan fingerprint density at radius 3 is 2.43 bits per heavy atom. The molecule has 0 spiro atoms. The molecule has 1 amide bonds. The predicted octanol–water partition coefficient (Wildman–Crippen LogP) is 4.66. The zero-order chi connectivity index (χ0) is 24.6. The molecule has 0 saturated heterocycles. The maximum atomic E-state index is 13.1. The number of carbonyl (C=O) groups is 1. The third-order valence-corrected chi connectivity index (χ3v) is 5.65. The van der Waals surface area contributed by atoms with Crippen LogP contribution in [-0.4, -0.2) is 39.9 Å². The lowest BCUT2D eigenvalue weighted by atomic mass is 10.1. The molecule has 0 saturated carbocycles. The van der Waals surface area contributed by atoms with Gasteiger partial charge in [-0.15, -0.1) is 0 Å². The monoisotopic (exact) mass is 470 g/mol. The Labute approximate surface area is 204 Å². The first-order valence-corrected chi connectivity index (χ1v) is 11.2. The number of fused-ring (bicyclic) bond motifs is 1. The van der Waals surface area contributed by atoms with Gasteiger partial charge in [-0.05, 0) is 66.1 Å². The number of anilines is 1. The third-order valence-electron chi connectivity index (χ3n) is 5.65. The zero-order valence-corrected chi connectivity index (χ0v) is 19.7. The molecular weight excluding hydrogens is 444 g/mol. The van der Waals surface area contributed by atoms with E-state index in [0.29, 0.717) is 36.8 Å². The highest BCUT2D eigenvalue weighted by atomic mass is 16.5. The molecule has 0 bridgehead atoms. The quantitative estimate of drug-likeness (QED) is 0.257. The van der Waals surface area contributed by atoms with Crippen LogP contribution in [0.2, 0.25) is 0 Å². The Kier molecular flexibility index (Phi) is 7.53. The van der Waals surface area contributed by atoms with Gasteiger partial charge in [0.1, 0.15) is 36.4 Å². The van der Waals surface area contributed by atoms with Gasteiger partial charge in [-0.2, -0.15) is 5.26 Å². The lowest BCUT2D eigenvalue weighted by Crippen LogP contribution is -2.29. The number of benzene rings is 3. The molecule has 7 nitrogen and oxygen atoms in total. The van der Waals surface area contributed by atoms with Crippen molar-refractivity contribution in [1.29, 1.82) is 5.26 Å². The topological polar surface area (TPSA) is 81.0 Å². The van der Waals surface area contributed by atoms with Crippen LogP contribution >= 0.6 is 0 Å². The van der Waals surface area contributed by atoms with Crippen molar-refractivity contribution in [3.05, 3.63) is 83.4 Å². The predicted molar refractivity (Wildman–Crippen MR) is 133 cm³/mol. The molecule has 0 aliphatic carbocycles. The second-order valence-electron chi connectivity index (χ2n) is 7.79. The molecule has 7 heteroatoms. The van der Waals surface area contributed by atoms with Gasteiger partial charge in [-0.25, -0.2) is 0 Å². The summed E-state index contributed by atoms with van der Waals surface area (Å²) in [7, 11) is 3.16. The Balaban J connectivity index is 1.40. The Bertz CT molecular complexity index is 1260. The minimum absolute atomic E-state index is 0.0605. The Morgan fingerprint density at radius 1 is 0.943 bits per heavy atom. The number of para-hydroxylation sites is 1. The number of methoxy groups -OCH3 is 2. The van der Waals surface area contributed by atoms with Gasteiger partial charge in [-0.1, -0.05) is 24.3 Å². The van der Waals surface area contributed by atoms with Gasteiger partial charge < -0.3 is 23.8 Å². The maximum Gasteiger partial charge on any atom is 0.268 e. The number of hydrogen-bond acceptors (Lipinski definition) is 6. The van der Waals surface area contributed by atoms with Crippen LogP contribution in [0.1, 0.15) is 11.1 Å². The van der Waals surface area contributed by atoms with Crippen LogP contribution in [0.3, 0.4) is 0 Å². The van der Waals surface area contributed by atoms with Crippen molar-refractivity contribution in [2.75, 3.05) is 38.9 Å². The summed E-state index contributed by atoms with van der Waals surface area (Å²) in [6, 6.07) is 22.4. The van der Waals surface area contributed by atoms with Crippen molar-refractivity contribution < 1.29 is 23.7 Å². The average Bonchev–Trinajstić information content (AvgIpc) is 3.34. The molecule has 0 radical (unpaired) electrons. The van der Waals surface area contributed by atoms with E-state index >= 15 is 0 Å². The molecule has 3 aromatic rings. The molecule has 4 rings (SSSR count). The van der Waals surface area contributed by atoms with Gasteiger partial charge in [0, 0.05) is 12.2 Å². The summed E-state index contributed by atoms with van der Waals surface area (Å²) in [6.07, 6.45) is 2.35. The highest BCUT2D eigenvalue weighted by Crippen LogP contribution is 2.31. The van der Waals surface area contributed by atoms with Crippen LogP contribution in [0.4, 0.5) is 5.69 Å². The van der Waals surface area contributed by atoms with E-state index in [0.717, 1.165) is 29.2 Å². The minimum Gasteiger partial charge on any atom is -0.497 e. The summed E-state index contributed by atoms with van der Waals surface area (Å²) in [5.41, 5.74) is 2.69. The largest absolute Gasteiger partial charge is 0.497 e. The number of amides is 1. The minimum atomic E-state index is -0.313. The van der Waals surface area contributed by atoms with E-state index in [1.807, 2.05) is 54.6 Å². The first kappa shape index (κ1) is 23.7. The second-order valence-corrected chi connectivity index (χ2v) is 7.79. The first-order chi connectivity index (χ1) is 17.1. The molecule has 0 unspecified atom stereocenters.